The molecule has 0 spiro atoms. The SMILES string of the molecule is Cc1cnccc1CNC(=O)c1coc(COc2cccc(F)c2)n1. The van der Waals surface area contributed by atoms with E-state index in [9.17, 15) is 9.18 Å². The molecule has 0 fully saturated rings. The molecule has 1 N–H and O–H groups in total. The van der Waals surface area contributed by atoms with Gasteiger partial charge in [-0.15, -0.1) is 0 Å². The van der Waals surface area contributed by atoms with Crippen LogP contribution in [-0.4, -0.2) is 15.9 Å². The second-order valence-corrected chi connectivity index (χ2v) is 5.36. The van der Waals surface area contributed by atoms with Crippen molar-refractivity contribution in [2.45, 2.75) is 20.1 Å². The lowest BCUT2D eigenvalue weighted by atomic mass is 10.1. The van der Waals surface area contributed by atoms with E-state index in [2.05, 4.69) is 15.3 Å². The highest BCUT2D eigenvalue weighted by Gasteiger charge is 2.13. The first-order valence-electron chi connectivity index (χ1n) is 7.62. The third kappa shape index (κ3) is 4.41. The quantitative estimate of drug-likeness (QED) is 0.746. The van der Waals surface area contributed by atoms with E-state index in [0.717, 1.165) is 11.1 Å². The maximum atomic E-state index is 13.1. The van der Waals surface area contributed by atoms with E-state index < -0.39 is 5.82 Å². The van der Waals surface area contributed by atoms with Gasteiger partial charge < -0.3 is 14.5 Å². The Kier molecular flexibility index (Phi) is 5.03. The molecule has 0 aliphatic carbocycles. The summed E-state index contributed by atoms with van der Waals surface area (Å²) in [7, 11) is 0. The maximum Gasteiger partial charge on any atom is 0.273 e. The van der Waals surface area contributed by atoms with Gasteiger partial charge >= 0.3 is 0 Å². The second kappa shape index (κ2) is 7.57. The number of rotatable bonds is 6. The lowest BCUT2D eigenvalue weighted by Gasteiger charge is -2.05. The first-order valence-corrected chi connectivity index (χ1v) is 7.62. The molecule has 0 atom stereocenters. The fraction of sp³-hybridized carbons (Fsp3) is 0.167. The number of pyridine rings is 1. The van der Waals surface area contributed by atoms with Gasteiger partial charge in [0, 0.05) is 25.0 Å². The molecule has 0 saturated heterocycles. The number of carbonyl (C=O) groups excluding carboxylic acids is 1. The highest BCUT2D eigenvalue weighted by Crippen LogP contribution is 2.14. The normalized spacial score (nSPS) is 10.5. The standard InChI is InChI=1S/C18H16FN3O3/c1-12-8-20-6-5-13(12)9-21-18(23)16-10-25-17(22-16)11-24-15-4-2-3-14(19)7-15/h2-8,10H,9,11H2,1H3,(H,21,23). The molecule has 0 saturated carbocycles. The molecule has 25 heavy (non-hydrogen) atoms. The van der Waals surface area contributed by atoms with E-state index in [-0.39, 0.29) is 24.1 Å². The predicted molar refractivity (Wildman–Crippen MR) is 87.4 cm³/mol. The van der Waals surface area contributed by atoms with E-state index in [1.807, 2.05) is 13.0 Å². The van der Waals surface area contributed by atoms with E-state index in [0.29, 0.717) is 12.3 Å². The van der Waals surface area contributed by atoms with Crippen LogP contribution in [0.2, 0.25) is 0 Å². The number of ether oxygens (including phenoxy) is 1. The number of oxazole rings is 1. The van der Waals surface area contributed by atoms with Crippen molar-refractivity contribution in [3.8, 4) is 5.75 Å². The zero-order chi connectivity index (χ0) is 17.6. The first-order chi connectivity index (χ1) is 12.1. The maximum absolute atomic E-state index is 13.1. The monoisotopic (exact) mass is 341 g/mol. The molecular weight excluding hydrogens is 325 g/mol. The number of hydrogen-bond acceptors (Lipinski definition) is 5. The van der Waals surface area contributed by atoms with Gasteiger partial charge in [0.2, 0.25) is 5.89 Å². The summed E-state index contributed by atoms with van der Waals surface area (Å²) in [4.78, 5) is 20.2. The molecule has 128 valence electrons. The predicted octanol–water partition coefficient (Wildman–Crippen LogP) is 3.03. The summed E-state index contributed by atoms with van der Waals surface area (Å²) in [5.41, 5.74) is 2.12. The molecule has 2 aromatic heterocycles. The van der Waals surface area contributed by atoms with E-state index in [4.69, 9.17) is 9.15 Å². The van der Waals surface area contributed by atoms with Crippen molar-refractivity contribution in [2.24, 2.45) is 0 Å². The molecule has 3 rings (SSSR count). The molecule has 1 amide bonds. The molecule has 0 radical (unpaired) electrons. The summed E-state index contributed by atoms with van der Waals surface area (Å²) in [6.45, 7) is 2.29. The van der Waals surface area contributed by atoms with Crippen molar-refractivity contribution in [1.29, 1.82) is 0 Å². The van der Waals surface area contributed by atoms with Gasteiger partial charge in [-0.2, -0.15) is 0 Å². The smallest absolute Gasteiger partial charge is 0.273 e. The lowest BCUT2D eigenvalue weighted by molar-refractivity contribution is 0.0945. The Labute approximate surface area is 143 Å². The molecule has 1 aromatic carbocycles. The summed E-state index contributed by atoms with van der Waals surface area (Å²) in [5.74, 6) is -0.153. The van der Waals surface area contributed by atoms with Crippen molar-refractivity contribution in [3.63, 3.8) is 0 Å². The molecule has 0 aliphatic rings. The summed E-state index contributed by atoms with van der Waals surface area (Å²) in [5, 5.41) is 2.77. The third-order valence-electron chi connectivity index (χ3n) is 3.52. The van der Waals surface area contributed by atoms with Crippen molar-refractivity contribution in [2.75, 3.05) is 0 Å². The molecular formula is C18H16FN3O3. The number of nitrogens with zero attached hydrogens (tertiary/aromatic N) is 2. The van der Waals surface area contributed by atoms with Crippen LogP contribution < -0.4 is 10.1 Å². The Morgan fingerprint density at radius 1 is 1.36 bits per heavy atom. The van der Waals surface area contributed by atoms with E-state index in [1.54, 1.807) is 24.5 Å². The van der Waals surface area contributed by atoms with Gasteiger partial charge in [0.15, 0.2) is 12.3 Å². The van der Waals surface area contributed by atoms with Gasteiger partial charge in [0.1, 0.15) is 17.8 Å². The van der Waals surface area contributed by atoms with Crippen LogP contribution in [0.4, 0.5) is 4.39 Å². The lowest BCUT2D eigenvalue weighted by Crippen LogP contribution is -2.23. The molecule has 0 unspecified atom stereocenters. The minimum Gasteiger partial charge on any atom is -0.484 e. The second-order valence-electron chi connectivity index (χ2n) is 5.36. The Morgan fingerprint density at radius 3 is 3.04 bits per heavy atom. The van der Waals surface area contributed by atoms with Crippen LogP contribution in [0.5, 0.6) is 5.75 Å². The Balaban J connectivity index is 1.55. The number of amides is 1. The van der Waals surface area contributed by atoms with Gasteiger partial charge in [-0.1, -0.05) is 6.07 Å². The molecule has 6 nitrogen and oxygen atoms in total. The number of nitrogens with one attached hydrogen (secondary N) is 1. The first kappa shape index (κ1) is 16.6. The van der Waals surface area contributed by atoms with Gasteiger partial charge in [-0.25, -0.2) is 9.37 Å². The van der Waals surface area contributed by atoms with Crippen molar-refractivity contribution < 1.29 is 18.3 Å². The number of carbonyl (C=O) groups is 1. The van der Waals surface area contributed by atoms with Crippen molar-refractivity contribution in [3.05, 3.63) is 77.5 Å². The van der Waals surface area contributed by atoms with Crippen molar-refractivity contribution in [1.82, 2.24) is 15.3 Å². The third-order valence-corrected chi connectivity index (χ3v) is 3.52. The van der Waals surface area contributed by atoms with Gasteiger partial charge in [-0.05, 0) is 36.2 Å². The number of aromatic nitrogens is 2. The van der Waals surface area contributed by atoms with Crippen molar-refractivity contribution >= 4 is 5.91 Å². The Morgan fingerprint density at radius 2 is 2.24 bits per heavy atom. The summed E-state index contributed by atoms with van der Waals surface area (Å²) < 4.78 is 23.7. The van der Waals surface area contributed by atoms with E-state index >= 15 is 0 Å². The van der Waals surface area contributed by atoms with Crippen LogP contribution in [0.1, 0.15) is 27.5 Å². The number of aryl methyl sites for hydroxylation is 1. The summed E-state index contributed by atoms with van der Waals surface area (Å²) in [6, 6.07) is 7.59. The highest BCUT2D eigenvalue weighted by atomic mass is 19.1. The topological polar surface area (TPSA) is 77.2 Å². The fourth-order valence-electron chi connectivity index (χ4n) is 2.15. The van der Waals surface area contributed by atoms with E-state index in [1.165, 1.54) is 18.4 Å². The minimum absolute atomic E-state index is 0.000195. The van der Waals surface area contributed by atoms with Gasteiger partial charge in [0.25, 0.3) is 5.91 Å². The van der Waals surface area contributed by atoms with Crippen LogP contribution in [0.25, 0.3) is 0 Å². The number of halogens is 1. The van der Waals surface area contributed by atoms with Gasteiger partial charge in [0.05, 0.1) is 0 Å². The molecule has 0 aliphatic heterocycles. The van der Waals surface area contributed by atoms with Crippen LogP contribution in [0, 0.1) is 12.7 Å². The molecule has 0 bridgehead atoms. The summed E-state index contributed by atoms with van der Waals surface area (Å²) in [6.07, 6.45) is 4.67. The van der Waals surface area contributed by atoms with Crippen LogP contribution >= 0.6 is 0 Å². The minimum atomic E-state index is -0.392. The Hall–Kier alpha value is -3.22. The number of benzene rings is 1. The van der Waals surface area contributed by atoms with Crippen LogP contribution in [0.15, 0.2) is 53.4 Å². The average Bonchev–Trinajstić information content (AvgIpc) is 3.08. The zero-order valence-electron chi connectivity index (χ0n) is 13.5. The Bertz CT molecular complexity index is 879. The number of hydrogen-bond donors (Lipinski definition) is 1. The zero-order valence-corrected chi connectivity index (χ0v) is 13.5. The molecule has 3 aromatic rings. The molecule has 2 heterocycles. The van der Waals surface area contributed by atoms with Crippen LogP contribution in [0.3, 0.4) is 0 Å². The van der Waals surface area contributed by atoms with Gasteiger partial charge in [-0.3, -0.25) is 9.78 Å². The van der Waals surface area contributed by atoms with Crippen LogP contribution in [-0.2, 0) is 13.2 Å². The highest BCUT2D eigenvalue weighted by molar-refractivity contribution is 5.91. The average molecular weight is 341 g/mol. The molecule has 7 heteroatoms. The largest absolute Gasteiger partial charge is 0.484 e. The summed E-state index contributed by atoms with van der Waals surface area (Å²) >= 11 is 0. The fourth-order valence-corrected chi connectivity index (χ4v) is 2.15.